The van der Waals surface area contributed by atoms with E-state index in [0.29, 0.717) is 10.9 Å². The number of rotatable bonds is 1. The molecule has 0 amide bonds. The van der Waals surface area contributed by atoms with Crippen molar-refractivity contribution in [3.63, 3.8) is 0 Å². The van der Waals surface area contributed by atoms with Gasteiger partial charge in [-0.1, -0.05) is 35.5 Å². The minimum absolute atomic E-state index is 0.00343. The summed E-state index contributed by atoms with van der Waals surface area (Å²) in [5, 5.41) is 4.34. The summed E-state index contributed by atoms with van der Waals surface area (Å²) < 4.78 is 44.0. The van der Waals surface area contributed by atoms with Gasteiger partial charge in [0.25, 0.3) is 0 Å². The second-order valence-electron chi connectivity index (χ2n) is 4.07. The van der Waals surface area contributed by atoms with E-state index in [2.05, 4.69) is 5.16 Å². The third kappa shape index (κ3) is 1.97. The topological polar surface area (TPSA) is 26.0 Å². The van der Waals surface area contributed by atoms with Gasteiger partial charge in [0, 0.05) is 10.9 Å². The van der Waals surface area contributed by atoms with Gasteiger partial charge in [0.1, 0.15) is 5.52 Å². The molecular weight excluding hydrogens is 255 g/mol. The Kier molecular flexibility index (Phi) is 2.55. The van der Waals surface area contributed by atoms with Crippen LogP contribution in [-0.4, -0.2) is 5.16 Å². The van der Waals surface area contributed by atoms with Crippen LogP contribution < -0.4 is 0 Å². The van der Waals surface area contributed by atoms with Crippen LogP contribution in [0.2, 0.25) is 0 Å². The van der Waals surface area contributed by atoms with Gasteiger partial charge in [-0.25, -0.2) is 0 Å². The van der Waals surface area contributed by atoms with Crippen molar-refractivity contribution in [3.8, 4) is 11.3 Å². The molecule has 0 fully saturated rings. The average Bonchev–Trinajstić information content (AvgIpc) is 2.81. The van der Waals surface area contributed by atoms with E-state index in [1.54, 1.807) is 30.3 Å². The van der Waals surface area contributed by atoms with E-state index in [1.165, 1.54) is 12.1 Å². The Bertz CT molecular complexity index is 731. The van der Waals surface area contributed by atoms with Crippen molar-refractivity contribution in [2.24, 2.45) is 0 Å². The molecule has 0 saturated carbocycles. The highest BCUT2D eigenvalue weighted by atomic mass is 19.4. The van der Waals surface area contributed by atoms with Crippen LogP contribution in [0, 0.1) is 0 Å². The molecule has 0 bridgehead atoms. The maximum Gasteiger partial charge on any atom is 0.417 e. The van der Waals surface area contributed by atoms with Gasteiger partial charge >= 0.3 is 6.18 Å². The van der Waals surface area contributed by atoms with E-state index in [1.807, 2.05) is 0 Å². The standard InChI is InChI=1S/C14H8F3NO/c15-14(16,17)11-7-3-1-5-9(11)13-10-6-2-4-8-12(10)18-19-13/h1-8H. The molecule has 0 N–H and O–H groups in total. The normalized spacial score (nSPS) is 11.9. The minimum Gasteiger partial charge on any atom is -0.355 e. The Morgan fingerprint density at radius 1 is 0.895 bits per heavy atom. The van der Waals surface area contributed by atoms with Crippen LogP contribution in [0.25, 0.3) is 22.2 Å². The predicted octanol–water partition coefficient (Wildman–Crippen LogP) is 4.51. The molecule has 2 aromatic carbocycles. The van der Waals surface area contributed by atoms with Crippen molar-refractivity contribution in [3.05, 3.63) is 54.1 Å². The first-order valence-electron chi connectivity index (χ1n) is 5.58. The van der Waals surface area contributed by atoms with Gasteiger partial charge in [-0.05, 0) is 18.2 Å². The molecule has 3 aromatic rings. The molecule has 3 rings (SSSR count). The molecular formula is C14H8F3NO. The number of hydrogen-bond acceptors (Lipinski definition) is 2. The van der Waals surface area contributed by atoms with Crippen molar-refractivity contribution in [2.75, 3.05) is 0 Å². The van der Waals surface area contributed by atoms with Crippen molar-refractivity contribution in [1.29, 1.82) is 0 Å². The van der Waals surface area contributed by atoms with Gasteiger partial charge in [-0.2, -0.15) is 13.2 Å². The molecule has 0 radical (unpaired) electrons. The highest BCUT2D eigenvalue weighted by molar-refractivity contribution is 5.92. The molecule has 0 aliphatic heterocycles. The molecule has 0 spiro atoms. The zero-order chi connectivity index (χ0) is 13.5. The number of benzene rings is 2. The van der Waals surface area contributed by atoms with Gasteiger partial charge in [-0.15, -0.1) is 0 Å². The highest BCUT2D eigenvalue weighted by Gasteiger charge is 2.34. The fourth-order valence-corrected chi connectivity index (χ4v) is 2.01. The summed E-state index contributed by atoms with van der Waals surface area (Å²) >= 11 is 0. The van der Waals surface area contributed by atoms with Gasteiger partial charge in [0.15, 0.2) is 5.76 Å². The zero-order valence-corrected chi connectivity index (χ0v) is 9.61. The monoisotopic (exact) mass is 263 g/mol. The maximum absolute atomic E-state index is 13.0. The largest absolute Gasteiger partial charge is 0.417 e. The Labute approximate surface area is 106 Å². The summed E-state index contributed by atoms with van der Waals surface area (Å²) in [6.07, 6.45) is -4.43. The van der Waals surface area contributed by atoms with E-state index in [9.17, 15) is 13.2 Å². The van der Waals surface area contributed by atoms with Crippen LogP contribution in [-0.2, 0) is 6.18 Å². The lowest BCUT2D eigenvalue weighted by molar-refractivity contribution is -0.137. The fraction of sp³-hybridized carbons (Fsp3) is 0.0714. The minimum atomic E-state index is -4.43. The molecule has 0 aliphatic carbocycles. The highest BCUT2D eigenvalue weighted by Crippen LogP contribution is 2.39. The number of fused-ring (bicyclic) bond motifs is 1. The van der Waals surface area contributed by atoms with Crippen LogP contribution >= 0.6 is 0 Å². The van der Waals surface area contributed by atoms with Gasteiger partial charge < -0.3 is 4.52 Å². The van der Waals surface area contributed by atoms with Crippen LogP contribution in [0.4, 0.5) is 13.2 Å². The number of halogens is 3. The smallest absolute Gasteiger partial charge is 0.355 e. The van der Waals surface area contributed by atoms with E-state index in [4.69, 9.17) is 4.52 Å². The lowest BCUT2D eigenvalue weighted by Crippen LogP contribution is -2.06. The third-order valence-electron chi connectivity index (χ3n) is 2.86. The zero-order valence-electron chi connectivity index (χ0n) is 9.61. The quantitative estimate of drug-likeness (QED) is 0.645. The maximum atomic E-state index is 13.0. The molecule has 2 nitrogen and oxygen atoms in total. The summed E-state index contributed by atoms with van der Waals surface area (Å²) in [6.45, 7) is 0. The molecule has 19 heavy (non-hydrogen) atoms. The Morgan fingerprint density at radius 3 is 2.37 bits per heavy atom. The Morgan fingerprint density at radius 2 is 1.58 bits per heavy atom. The Hall–Kier alpha value is -2.30. The molecule has 0 saturated heterocycles. The molecule has 5 heteroatoms. The summed E-state index contributed by atoms with van der Waals surface area (Å²) in [5.74, 6) is 0.142. The second kappa shape index (κ2) is 4.12. The van der Waals surface area contributed by atoms with Crippen LogP contribution in [0.5, 0.6) is 0 Å². The van der Waals surface area contributed by atoms with Crippen LogP contribution in [0.1, 0.15) is 5.56 Å². The number of hydrogen-bond donors (Lipinski definition) is 0. The van der Waals surface area contributed by atoms with Crippen molar-refractivity contribution >= 4 is 10.9 Å². The third-order valence-corrected chi connectivity index (χ3v) is 2.86. The fourth-order valence-electron chi connectivity index (χ4n) is 2.01. The van der Waals surface area contributed by atoms with Crippen LogP contribution in [0.3, 0.4) is 0 Å². The van der Waals surface area contributed by atoms with E-state index < -0.39 is 11.7 Å². The first kappa shape index (κ1) is 11.8. The van der Waals surface area contributed by atoms with Crippen molar-refractivity contribution in [2.45, 2.75) is 6.18 Å². The number of alkyl halides is 3. The molecule has 0 unspecified atom stereocenters. The first-order valence-corrected chi connectivity index (χ1v) is 5.58. The predicted molar refractivity (Wildman–Crippen MR) is 64.4 cm³/mol. The molecule has 1 aromatic heterocycles. The SMILES string of the molecule is FC(F)(F)c1ccccc1-c1onc2ccccc12. The van der Waals surface area contributed by atoms with E-state index >= 15 is 0 Å². The second-order valence-corrected chi connectivity index (χ2v) is 4.07. The molecule has 1 heterocycles. The number of aromatic nitrogens is 1. The molecule has 96 valence electrons. The van der Waals surface area contributed by atoms with E-state index in [-0.39, 0.29) is 11.3 Å². The van der Waals surface area contributed by atoms with Crippen molar-refractivity contribution in [1.82, 2.24) is 5.16 Å². The number of nitrogens with zero attached hydrogens (tertiary/aromatic N) is 1. The lowest BCUT2D eigenvalue weighted by atomic mass is 10.0. The average molecular weight is 263 g/mol. The van der Waals surface area contributed by atoms with Gasteiger partial charge in [0.2, 0.25) is 0 Å². The molecule has 0 atom stereocenters. The summed E-state index contributed by atoms with van der Waals surface area (Å²) in [5.41, 5.74) is -0.185. The van der Waals surface area contributed by atoms with E-state index in [0.717, 1.165) is 6.07 Å². The summed E-state index contributed by atoms with van der Waals surface area (Å²) in [4.78, 5) is 0. The molecule has 0 aliphatic rings. The Balaban J connectivity index is 2.28. The first-order chi connectivity index (χ1) is 9.07. The lowest BCUT2D eigenvalue weighted by Gasteiger charge is -2.10. The van der Waals surface area contributed by atoms with Crippen LogP contribution in [0.15, 0.2) is 53.1 Å². The summed E-state index contributed by atoms with van der Waals surface area (Å²) in [7, 11) is 0. The van der Waals surface area contributed by atoms with Crippen molar-refractivity contribution < 1.29 is 17.7 Å². The van der Waals surface area contributed by atoms with Gasteiger partial charge in [0.05, 0.1) is 5.56 Å². The van der Waals surface area contributed by atoms with Gasteiger partial charge in [-0.3, -0.25) is 0 Å². The summed E-state index contributed by atoms with van der Waals surface area (Å²) in [6, 6.07) is 12.2.